The topological polar surface area (TPSA) is 127 Å². The van der Waals surface area contributed by atoms with E-state index in [0.717, 1.165) is 6.07 Å². The lowest BCUT2D eigenvalue weighted by Gasteiger charge is -2.11. The van der Waals surface area contributed by atoms with Crippen LogP contribution < -0.4 is 5.43 Å². The molecule has 0 aliphatic rings. The van der Waals surface area contributed by atoms with Crippen LogP contribution in [0.2, 0.25) is 0 Å². The summed E-state index contributed by atoms with van der Waals surface area (Å²) in [6, 6.07) is 3.91. The van der Waals surface area contributed by atoms with Crippen molar-refractivity contribution in [2.24, 2.45) is 0 Å². The van der Waals surface area contributed by atoms with Crippen LogP contribution in [0.15, 0.2) is 38.1 Å². The molecule has 1 unspecified atom stereocenters. The molecular weight excluding hydrogens is 270 g/mol. The van der Waals surface area contributed by atoms with Crippen molar-refractivity contribution in [2.45, 2.75) is 12.5 Å². The smallest absolute Gasteiger partial charge is 0.227 e. The van der Waals surface area contributed by atoms with Crippen LogP contribution in [0.25, 0.3) is 0 Å². The molecule has 0 aromatic carbocycles. The SMILES string of the molecule is O=c1cc(CO)oc(C(C[N+](=O)[O-])c2ccco2)c1O. The summed E-state index contributed by atoms with van der Waals surface area (Å²) in [5, 5.41) is 29.5. The van der Waals surface area contributed by atoms with Crippen molar-refractivity contribution in [1.82, 2.24) is 0 Å². The number of hydrogen-bond donors (Lipinski definition) is 2. The first kappa shape index (κ1) is 13.8. The van der Waals surface area contributed by atoms with Crippen molar-refractivity contribution >= 4 is 0 Å². The van der Waals surface area contributed by atoms with E-state index in [0.29, 0.717) is 0 Å². The predicted molar refractivity (Wildman–Crippen MR) is 65.0 cm³/mol. The van der Waals surface area contributed by atoms with E-state index in [1.54, 1.807) is 0 Å². The van der Waals surface area contributed by atoms with Gasteiger partial charge in [0.25, 0.3) is 0 Å². The minimum atomic E-state index is -1.06. The van der Waals surface area contributed by atoms with Crippen molar-refractivity contribution in [1.29, 1.82) is 0 Å². The number of aliphatic hydroxyl groups excluding tert-OH is 1. The summed E-state index contributed by atoms with van der Waals surface area (Å²) >= 11 is 0. The molecule has 0 aliphatic heterocycles. The standard InChI is InChI=1S/C12H11NO7/c14-6-7-4-9(15)11(16)12(20-7)8(5-13(17)18)10-2-1-3-19-10/h1-4,8,14,16H,5-6H2. The van der Waals surface area contributed by atoms with E-state index in [1.807, 2.05) is 0 Å². The number of aliphatic hydroxyl groups is 1. The second-order valence-electron chi connectivity index (χ2n) is 4.03. The summed E-state index contributed by atoms with van der Waals surface area (Å²) in [6.45, 7) is -1.19. The minimum absolute atomic E-state index is 0.0947. The van der Waals surface area contributed by atoms with E-state index in [9.17, 15) is 20.0 Å². The molecule has 2 aromatic rings. The fraction of sp³-hybridized carbons (Fsp3) is 0.250. The summed E-state index contributed by atoms with van der Waals surface area (Å²) in [5.74, 6) is -2.00. The van der Waals surface area contributed by atoms with Crippen LogP contribution in [0.1, 0.15) is 23.2 Å². The zero-order valence-corrected chi connectivity index (χ0v) is 10.2. The quantitative estimate of drug-likeness (QED) is 0.614. The van der Waals surface area contributed by atoms with Crippen LogP contribution in [-0.2, 0) is 6.61 Å². The molecule has 1 atom stereocenters. The molecule has 2 heterocycles. The van der Waals surface area contributed by atoms with E-state index < -0.39 is 35.2 Å². The molecule has 2 N–H and O–H groups in total. The third-order valence-corrected chi connectivity index (χ3v) is 2.69. The molecule has 0 amide bonds. The summed E-state index contributed by atoms with van der Waals surface area (Å²) in [7, 11) is 0. The van der Waals surface area contributed by atoms with Gasteiger partial charge in [-0.3, -0.25) is 14.9 Å². The van der Waals surface area contributed by atoms with Gasteiger partial charge in [-0.25, -0.2) is 0 Å². The zero-order valence-electron chi connectivity index (χ0n) is 10.2. The van der Waals surface area contributed by atoms with Crippen molar-refractivity contribution in [3.05, 3.63) is 62.1 Å². The van der Waals surface area contributed by atoms with Crippen molar-refractivity contribution in [2.75, 3.05) is 6.54 Å². The fourth-order valence-corrected chi connectivity index (χ4v) is 1.81. The predicted octanol–water partition coefficient (Wildman–Crippen LogP) is 0.839. The van der Waals surface area contributed by atoms with Crippen LogP contribution in [-0.4, -0.2) is 21.7 Å². The first-order valence-electron chi connectivity index (χ1n) is 5.65. The Kier molecular flexibility index (Phi) is 3.85. The Morgan fingerprint density at radius 3 is 2.75 bits per heavy atom. The van der Waals surface area contributed by atoms with Gasteiger partial charge in [0.15, 0.2) is 5.76 Å². The highest BCUT2D eigenvalue weighted by atomic mass is 16.6. The lowest BCUT2D eigenvalue weighted by Crippen LogP contribution is -2.16. The maximum absolute atomic E-state index is 11.6. The molecule has 20 heavy (non-hydrogen) atoms. The zero-order chi connectivity index (χ0) is 14.7. The van der Waals surface area contributed by atoms with Crippen LogP contribution >= 0.6 is 0 Å². The molecular formula is C12H11NO7. The molecule has 2 aromatic heterocycles. The molecule has 2 rings (SSSR count). The molecule has 0 saturated heterocycles. The molecule has 0 aliphatic carbocycles. The van der Waals surface area contributed by atoms with Gasteiger partial charge in [0.2, 0.25) is 17.7 Å². The molecule has 0 saturated carbocycles. The molecule has 8 nitrogen and oxygen atoms in total. The second-order valence-corrected chi connectivity index (χ2v) is 4.03. The summed E-state index contributed by atoms with van der Waals surface area (Å²) in [6.07, 6.45) is 1.31. The third-order valence-electron chi connectivity index (χ3n) is 2.69. The van der Waals surface area contributed by atoms with E-state index in [1.165, 1.54) is 18.4 Å². The van der Waals surface area contributed by atoms with E-state index in [-0.39, 0.29) is 17.3 Å². The molecule has 0 spiro atoms. The Hall–Kier alpha value is -2.61. The fourth-order valence-electron chi connectivity index (χ4n) is 1.81. The Balaban J connectivity index is 2.56. The van der Waals surface area contributed by atoms with Crippen LogP contribution in [0.4, 0.5) is 0 Å². The maximum atomic E-state index is 11.6. The Morgan fingerprint density at radius 1 is 1.45 bits per heavy atom. The maximum Gasteiger partial charge on any atom is 0.227 e. The highest BCUT2D eigenvalue weighted by Crippen LogP contribution is 2.30. The number of aromatic hydroxyl groups is 1. The molecule has 0 radical (unpaired) electrons. The van der Waals surface area contributed by atoms with Gasteiger partial charge in [0.05, 0.1) is 6.26 Å². The monoisotopic (exact) mass is 281 g/mol. The molecule has 0 bridgehead atoms. The number of nitrogens with zero attached hydrogens (tertiary/aromatic N) is 1. The first-order chi connectivity index (χ1) is 9.52. The van der Waals surface area contributed by atoms with Gasteiger partial charge in [0.1, 0.15) is 24.0 Å². The van der Waals surface area contributed by atoms with Gasteiger partial charge in [-0.2, -0.15) is 0 Å². The average molecular weight is 281 g/mol. The second kappa shape index (κ2) is 5.57. The lowest BCUT2D eigenvalue weighted by atomic mass is 10.0. The van der Waals surface area contributed by atoms with Gasteiger partial charge in [-0.1, -0.05) is 0 Å². The summed E-state index contributed by atoms with van der Waals surface area (Å²) in [4.78, 5) is 21.7. The van der Waals surface area contributed by atoms with Crippen LogP contribution in [0.5, 0.6) is 5.75 Å². The third kappa shape index (κ3) is 2.69. The van der Waals surface area contributed by atoms with E-state index >= 15 is 0 Å². The number of hydrogen-bond acceptors (Lipinski definition) is 7. The van der Waals surface area contributed by atoms with E-state index in [4.69, 9.17) is 13.9 Å². The van der Waals surface area contributed by atoms with Gasteiger partial charge >= 0.3 is 0 Å². The van der Waals surface area contributed by atoms with Gasteiger partial charge in [-0.15, -0.1) is 0 Å². The highest BCUT2D eigenvalue weighted by molar-refractivity contribution is 5.32. The van der Waals surface area contributed by atoms with Crippen LogP contribution in [0.3, 0.4) is 0 Å². The minimum Gasteiger partial charge on any atom is -0.502 e. The lowest BCUT2D eigenvalue weighted by molar-refractivity contribution is -0.482. The molecule has 106 valence electrons. The Morgan fingerprint density at radius 2 is 2.20 bits per heavy atom. The first-order valence-corrected chi connectivity index (χ1v) is 5.65. The van der Waals surface area contributed by atoms with E-state index in [2.05, 4.69) is 0 Å². The van der Waals surface area contributed by atoms with Crippen LogP contribution in [0, 0.1) is 10.1 Å². The number of rotatable bonds is 5. The van der Waals surface area contributed by atoms with Gasteiger partial charge in [-0.05, 0) is 12.1 Å². The van der Waals surface area contributed by atoms with Crippen molar-refractivity contribution in [3.63, 3.8) is 0 Å². The Bertz CT molecular complexity index is 659. The van der Waals surface area contributed by atoms with Crippen molar-refractivity contribution in [3.8, 4) is 5.75 Å². The summed E-state index contributed by atoms with van der Waals surface area (Å²) in [5.41, 5.74) is -0.782. The normalized spacial score (nSPS) is 12.2. The summed E-state index contributed by atoms with van der Waals surface area (Å²) < 4.78 is 10.2. The largest absolute Gasteiger partial charge is 0.502 e. The number of furan rings is 1. The van der Waals surface area contributed by atoms with Crippen molar-refractivity contribution < 1.29 is 24.0 Å². The van der Waals surface area contributed by atoms with Gasteiger partial charge in [0, 0.05) is 11.0 Å². The number of nitro groups is 1. The Labute approximate surface area is 112 Å². The molecule has 8 heteroatoms. The molecule has 0 fully saturated rings. The highest BCUT2D eigenvalue weighted by Gasteiger charge is 2.30. The van der Waals surface area contributed by atoms with Gasteiger partial charge < -0.3 is 19.0 Å². The average Bonchev–Trinajstić information content (AvgIpc) is 2.93.